The normalized spacial score (nSPS) is 12.1. The van der Waals surface area contributed by atoms with Gasteiger partial charge in [-0.1, -0.05) is 0 Å². The van der Waals surface area contributed by atoms with Crippen LogP contribution in [-0.2, 0) is 10.3 Å². The first-order chi connectivity index (χ1) is 7.32. The maximum atomic E-state index is 11.3. The summed E-state index contributed by atoms with van der Waals surface area (Å²) in [4.78, 5) is 17.9. The zero-order valence-electron chi connectivity index (χ0n) is 7.47. The number of imidazole rings is 1. The Hall–Kier alpha value is -2.14. The van der Waals surface area contributed by atoms with E-state index in [1.165, 1.54) is 0 Å². The molecule has 2 aromatic heterocycles. The van der Waals surface area contributed by atoms with Crippen LogP contribution in [0.3, 0.4) is 0 Å². The third-order valence-corrected chi connectivity index (χ3v) is 2.58. The summed E-state index contributed by atoms with van der Waals surface area (Å²) in [6, 6.07) is 0. The second-order valence-corrected chi connectivity index (χ2v) is 4.07. The molecule has 10 nitrogen and oxygen atoms in total. The molecule has 0 aliphatic heterocycles. The molecule has 2 heterocycles. The summed E-state index contributed by atoms with van der Waals surface area (Å²) in [6.07, 6.45) is 0.648. The van der Waals surface area contributed by atoms with E-state index in [9.17, 15) is 18.4 Å². The molecule has 0 aliphatic rings. The number of anilines is 1. The zero-order chi connectivity index (χ0) is 12.1. The van der Waals surface area contributed by atoms with Crippen molar-refractivity contribution in [2.24, 2.45) is 0 Å². The molecule has 4 N–H and O–H groups in total. The van der Waals surface area contributed by atoms with E-state index in [-0.39, 0.29) is 8.70 Å². The summed E-state index contributed by atoms with van der Waals surface area (Å²) in [7, 11) is -4.69. The molecule has 2 rings (SSSR count). The van der Waals surface area contributed by atoms with Gasteiger partial charge in [-0.3, -0.25) is 9.35 Å². The van der Waals surface area contributed by atoms with Gasteiger partial charge in [0.15, 0.2) is 5.52 Å². The Labute approximate surface area is 87.4 Å². The summed E-state index contributed by atoms with van der Waals surface area (Å²) in [5.74, 6) is -0.543. The first-order valence-corrected chi connectivity index (χ1v) is 5.15. The van der Waals surface area contributed by atoms with Crippen LogP contribution >= 0.6 is 0 Å². The van der Waals surface area contributed by atoms with Gasteiger partial charge in [-0.25, -0.2) is 4.98 Å². The number of aromatic nitrogens is 4. The van der Waals surface area contributed by atoms with Crippen LogP contribution in [0, 0.1) is 0 Å². The SMILES string of the molecule is Nc1nc(=O)c2c(ncn2S(=O)(=O)O)n1O. The fraction of sp³-hybridized carbons (Fsp3) is 0. The minimum Gasteiger partial charge on any atom is -0.423 e. The number of hydrogen-bond donors (Lipinski definition) is 3. The minimum atomic E-state index is -4.69. The predicted octanol–water partition coefficient (Wildman–Crippen LogP) is -1.94. The van der Waals surface area contributed by atoms with Crippen molar-refractivity contribution in [3.8, 4) is 0 Å². The lowest BCUT2D eigenvalue weighted by atomic mass is 10.5. The van der Waals surface area contributed by atoms with Gasteiger partial charge < -0.3 is 10.9 Å². The summed E-state index contributed by atoms with van der Waals surface area (Å²) >= 11 is 0. The second-order valence-electron chi connectivity index (χ2n) is 2.78. The number of nitrogen functional groups attached to an aromatic ring is 1. The van der Waals surface area contributed by atoms with E-state index in [0.29, 0.717) is 6.33 Å². The molecule has 16 heavy (non-hydrogen) atoms. The van der Waals surface area contributed by atoms with Gasteiger partial charge in [-0.15, -0.1) is 4.73 Å². The second kappa shape index (κ2) is 2.93. The fourth-order valence-corrected chi connectivity index (χ4v) is 1.71. The van der Waals surface area contributed by atoms with E-state index in [0.717, 1.165) is 0 Å². The van der Waals surface area contributed by atoms with E-state index in [4.69, 9.17) is 10.3 Å². The standard InChI is InChI=1S/C5H5N5O5S/c6-5-8-4(11)2-3(10(5)12)7-1-9(2)16(13,14)15/h1,12H,(H2,6,8,11)(H,13,14,15). The number of rotatable bonds is 1. The van der Waals surface area contributed by atoms with E-state index >= 15 is 0 Å². The van der Waals surface area contributed by atoms with Gasteiger partial charge in [0, 0.05) is 0 Å². The number of nitrogens with zero attached hydrogens (tertiary/aromatic N) is 4. The van der Waals surface area contributed by atoms with Crippen LogP contribution in [0.5, 0.6) is 0 Å². The highest BCUT2D eigenvalue weighted by Crippen LogP contribution is 2.10. The Bertz CT molecular complexity index is 727. The van der Waals surface area contributed by atoms with Gasteiger partial charge in [0.2, 0.25) is 11.6 Å². The van der Waals surface area contributed by atoms with Gasteiger partial charge in [-0.05, 0) is 0 Å². The lowest BCUT2D eigenvalue weighted by Crippen LogP contribution is -2.21. The number of nitrogens with two attached hydrogens (primary N) is 1. The van der Waals surface area contributed by atoms with Crippen molar-refractivity contribution < 1.29 is 18.2 Å². The Morgan fingerprint density at radius 1 is 1.44 bits per heavy atom. The number of hydrogen-bond acceptors (Lipinski definition) is 7. The fourth-order valence-electron chi connectivity index (χ4n) is 1.16. The van der Waals surface area contributed by atoms with Gasteiger partial charge in [0.25, 0.3) is 0 Å². The average molecular weight is 247 g/mol. The molecule has 0 aliphatic carbocycles. The predicted molar refractivity (Wildman–Crippen MR) is 50.3 cm³/mol. The highest BCUT2D eigenvalue weighted by Gasteiger charge is 2.19. The molecular weight excluding hydrogens is 242 g/mol. The molecule has 0 fully saturated rings. The monoisotopic (exact) mass is 247 g/mol. The Balaban J connectivity index is 3.06. The average Bonchev–Trinajstić information content (AvgIpc) is 2.58. The summed E-state index contributed by atoms with van der Waals surface area (Å²) < 4.78 is 30.9. The Morgan fingerprint density at radius 3 is 2.62 bits per heavy atom. The lowest BCUT2D eigenvalue weighted by Gasteiger charge is -2.01. The molecule has 0 saturated carbocycles. The first kappa shape index (κ1) is 10.4. The smallest absolute Gasteiger partial charge is 0.365 e. The van der Waals surface area contributed by atoms with Crippen LogP contribution < -0.4 is 11.3 Å². The Kier molecular flexibility index (Phi) is 1.90. The van der Waals surface area contributed by atoms with Crippen molar-refractivity contribution in [3.05, 3.63) is 16.7 Å². The van der Waals surface area contributed by atoms with Gasteiger partial charge in [0.05, 0.1) is 0 Å². The topological polar surface area (TPSA) is 153 Å². The lowest BCUT2D eigenvalue weighted by molar-refractivity contribution is 0.199. The van der Waals surface area contributed by atoms with Crippen LogP contribution in [0.25, 0.3) is 11.2 Å². The summed E-state index contributed by atoms with van der Waals surface area (Å²) in [5.41, 5.74) is 3.09. The zero-order valence-corrected chi connectivity index (χ0v) is 8.29. The largest absolute Gasteiger partial charge is 0.423 e. The molecule has 0 unspecified atom stereocenters. The maximum absolute atomic E-state index is 11.3. The molecule has 2 aromatic rings. The van der Waals surface area contributed by atoms with E-state index in [2.05, 4.69) is 9.97 Å². The van der Waals surface area contributed by atoms with Crippen molar-refractivity contribution >= 4 is 27.4 Å². The summed E-state index contributed by atoms with van der Waals surface area (Å²) in [5, 5.41) is 9.30. The van der Waals surface area contributed by atoms with Gasteiger partial charge in [0.1, 0.15) is 6.33 Å². The maximum Gasteiger partial charge on any atom is 0.365 e. The molecule has 0 amide bonds. The summed E-state index contributed by atoms with van der Waals surface area (Å²) in [6.45, 7) is 0. The van der Waals surface area contributed by atoms with E-state index in [1.54, 1.807) is 0 Å². The molecule has 0 aromatic carbocycles. The minimum absolute atomic E-state index is 0.184. The van der Waals surface area contributed by atoms with Crippen molar-refractivity contribution in [1.82, 2.24) is 18.7 Å². The van der Waals surface area contributed by atoms with Crippen LogP contribution in [0.15, 0.2) is 11.1 Å². The highest BCUT2D eigenvalue weighted by molar-refractivity contribution is 7.84. The highest BCUT2D eigenvalue weighted by atomic mass is 32.2. The van der Waals surface area contributed by atoms with Crippen LogP contribution in [-0.4, -0.2) is 36.8 Å². The van der Waals surface area contributed by atoms with Gasteiger partial charge >= 0.3 is 15.9 Å². The van der Waals surface area contributed by atoms with E-state index in [1.807, 2.05) is 0 Å². The van der Waals surface area contributed by atoms with Crippen molar-refractivity contribution in [3.63, 3.8) is 0 Å². The van der Waals surface area contributed by atoms with Crippen LogP contribution in [0.4, 0.5) is 5.95 Å². The van der Waals surface area contributed by atoms with Crippen molar-refractivity contribution in [2.45, 2.75) is 0 Å². The van der Waals surface area contributed by atoms with Crippen LogP contribution in [0.2, 0.25) is 0 Å². The van der Waals surface area contributed by atoms with Gasteiger partial charge in [-0.2, -0.15) is 17.4 Å². The molecule has 86 valence electrons. The molecule has 0 bridgehead atoms. The molecule has 0 saturated heterocycles. The molecule has 11 heteroatoms. The third-order valence-electron chi connectivity index (χ3n) is 1.80. The molecule has 0 spiro atoms. The first-order valence-electron chi connectivity index (χ1n) is 3.75. The van der Waals surface area contributed by atoms with Crippen LogP contribution in [0.1, 0.15) is 0 Å². The Morgan fingerprint density at radius 2 is 2.06 bits per heavy atom. The molecule has 0 radical (unpaired) electrons. The molecular formula is C5H5N5O5S. The quantitative estimate of drug-likeness (QED) is 0.388. The van der Waals surface area contributed by atoms with E-state index < -0.39 is 33.0 Å². The van der Waals surface area contributed by atoms with Crippen molar-refractivity contribution in [1.29, 1.82) is 0 Å². The molecule has 0 atom stereocenters. The van der Waals surface area contributed by atoms with Crippen molar-refractivity contribution in [2.75, 3.05) is 5.73 Å². The number of fused-ring (bicyclic) bond motifs is 1. The third kappa shape index (κ3) is 1.30.